The molecule has 0 saturated carbocycles. The maximum atomic E-state index is 5.67. The summed E-state index contributed by atoms with van der Waals surface area (Å²) >= 11 is 0. The summed E-state index contributed by atoms with van der Waals surface area (Å²) in [7, 11) is 0. The van der Waals surface area contributed by atoms with Crippen LogP contribution in [-0.4, -0.2) is 38.9 Å². The predicted octanol–water partition coefficient (Wildman–Crippen LogP) is 1.30. The van der Waals surface area contributed by atoms with Crippen LogP contribution in [0.2, 0.25) is 0 Å². The number of fused-ring (bicyclic) bond motifs is 1. The van der Waals surface area contributed by atoms with Crippen molar-refractivity contribution in [3.63, 3.8) is 0 Å². The van der Waals surface area contributed by atoms with Gasteiger partial charge in [-0.2, -0.15) is 0 Å². The van der Waals surface area contributed by atoms with Gasteiger partial charge in [-0.1, -0.05) is 18.2 Å². The van der Waals surface area contributed by atoms with Gasteiger partial charge in [0.2, 0.25) is 0 Å². The van der Waals surface area contributed by atoms with Gasteiger partial charge in [0.1, 0.15) is 0 Å². The van der Waals surface area contributed by atoms with Gasteiger partial charge in [0, 0.05) is 19.6 Å². The van der Waals surface area contributed by atoms with Gasteiger partial charge in [-0.15, -0.1) is 0 Å². The molecule has 1 saturated heterocycles. The van der Waals surface area contributed by atoms with E-state index in [1.807, 2.05) is 0 Å². The molecule has 0 spiro atoms. The Kier molecular flexibility index (Phi) is 4.49. The molecule has 1 aromatic rings. The fourth-order valence-electron chi connectivity index (χ4n) is 3.03. The van der Waals surface area contributed by atoms with Gasteiger partial charge in [-0.25, -0.2) is 0 Å². The zero-order chi connectivity index (χ0) is 12.9. The lowest BCUT2D eigenvalue weighted by Gasteiger charge is -2.23. The third kappa shape index (κ3) is 3.56. The van der Waals surface area contributed by atoms with E-state index in [1.54, 1.807) is 11.1 Å². The zero-order valence-corrected chi connectivity index (χ0v) is 11.6. The minimum Gasteiger partial charge on any atom is -0.374 e. The van der Waals surface area contributed by atoms with Crippen LogP contribution in [0.3, 0.4) is 0 Å². The lowest BCUT2D eigenvalue weighted by molar-refractivity contribution is 0.0294. The second-order valence-electron chi connectivity index (χ2n) is 5.61. The van der Waals surface area contributed by atoms with E-state index in [2.05, 4.69) is 28.8 Å². The number of aryl methyl sites for hydroxylation is 2. The Labute approximate surface area is 115 Å². The first-order valence-corrected chi connectivity index (χ1v) is 7.55. The summed E-state index contributed by atoms with van der Waals surface area (Å²) < 4.78 is 5.67. The van der Waals surface area contributed by atoms with Crippen LogP contribution in [0.15, 0.2) is 18.2 Å². The maximum absolute atomic E-state index is 5.67. The van der Waals surface area contributed by atoms with Crippen LogP contribution in [0.4, 0.5) is 0 Å². The van der Waals surface area contributed by atoms with Gasteiger partial charge >= 0.3 is 0 Å². The number of hydrogen-bond acceptors (Lipinski definition) is 3. The second kappa shape index (κ2) is 6.51. The fraction of sp³-hybridized carbons (Fsp3) is 0.625. The second-order valence-corrected chi connectivity index (χ2v) is 5.61. The average Bonchev–Trinajstić information content (AvgIpc) is 2.92. The third-order valence-electron chi connectivity index (χ3n) is 4.13. The highest BCUT2D eigenvalue weighted by atomic mass is 16.5. The quantitative estimate of drug-likeness (QED) is 0.783. The van der Waals surface area contributed by atoms with Crippen molar-refractivity contribution in [1.82, 2.24) is 10.6 Å². The van der Waals surface area contributed by atoms with E-state index in [9.17, 15) is 0 Å². The fourth-order valence-corrected chi connectivity index (χ4v) is 3.03. The van der Waals surface area contributed by atoms with Crippen molar-refractivity contribution in [3.8, 4) is 0 Å². The SMILES string of the molecule is c1cc2c(cc1CCNCC1CNCCO1)CCC2. The number of rotatable bonds is 5. The summed E-state index contributed by atoms with van der Waals surface area (Å²) in [6.07, 6.45) is 5.35. The van der Waals surface area contributed by atoms with Crippen molar-refractivity contribution in [1.29, 1.82) is 0 Å². The molecule has 0 aromatic heterocycles. The van der Waals surface area contributed by atoms with Gasteiger partial charge in [0.25, 0.3) is 0 Å². The molecule has 3 nitrogen and oxygen atoms in total. The molecule has 1 unspecified atom stereocenters. The molecule has 1 aliphatic heterocycles. The molecule has 0 radical (unpaired) electrons. The average molecular weight is 260 g/mol. The summed E-state index contributed by atoms with van der Waals surface area (Å²) in [5.41, 5.74) is 4.62. The van der Waals surface area contributed by atoms with E-state index in [0.29, 0.717) is 6.10 Å². The van der Waals surface area contributed by atoms with Crippen molar-refractivity contribution in [2.24, 2.45) is 0 Å². The van der Waals surface area contributed by atoms with Crippen molar-refractivity contribution in [2.75, 3.05) is 32.8 Å². The zero-order valence-electron chi connectivity index (χ0n) is 11.6. The Morgan fingerprint density at radius 2 is 2.21 bits per heavy atom. The Morgan fingerprint density at radius 1 is 1.26 bits per heavy atom. The van der Waals surface area contributed by atoms with Crippen LogP contribution in [0.1, 0.15) is 23.1 Å². The molecule has 3 rings (SSSR count). The summed E-state index contributed by atoms with van der Waals surface area (Å²) in [6, 6.07) is 7.03. The van der Waals surface area contributed by atoms with Gasteiger partial charge in [-0.3, -0.25) is 0 Å². The number of morpholine rings is 1. The molecule has 2 N–H and O–H groups in total. The summed E-state index contributed by atoms with van der Waals surface area (Å²) in [4.78, 5) is 0. The van der Waals surface area contributed by atoms with Gasteiger partial charge < -0.3 is 15.4 Å². The topological polar surface area (TPSA) is 33.3 Å². The molecule has 0 amide bonds. The van der Waals surface area contributed by atoms with E-state index in [4.69, 9.17) is 4.74 Å². The molecule has 1 heterocycles. The van der Waals surface area contributed by atoms with E-state index in [1.165, 1.54) is 24.8 Å². The number of nitrogens with one attached hydrogen (secondary N) is 2. The Bertz CT molecular complexity index is 413. The smallest absolute Gasteiger partial charge is 0.0824 e. The number of benzene rings is 1. The first kappa shape index (κ1) is 13.1. The molecule has 104 valence electrons. The van der Waals surface area contributed by atoms with Crippen LogP contribution in [-0.2, 0) is 24.0 Å². The van der Waals surface area contributed by atoms with Gasteiger partial charge in [0.15, 0.2) is 0 Å². The minimum absolute atomic E-state index is 0.341. The van der Waals surface area contributed by atoms with E-state index < -0.39 is 0 Å². The predicted molar refractivity (Wildman–Crippen MR) is 77.7 cm³/mol. The highest BCUT2D eigenvalue weighted by Gasteiger charge is 2.13. The number of ether oxygens (including phenoxy) is 1. The van der Waals surface area contributed by atoms with Gasteiger partial charge in [0.05, 0.1) is 12.7 Å². The van der Waals surface area contributed by atoms with Crippen LogP contribution >= 0.6 is 0 Å². The Morgan fingerprint density at radius 3 is 3.11 bits per heavy atom. The molecule has 1 aromatic carbocycles. The van der Waals surface area contributed by atoms with E-state index in [-0.39, 0.29) is 0 Å². The van der Waals surface area contributed by atoms with Crippen LogP contribution < -0.4 is 10.6 Å². The van der Waals surface area contributed by atoms with Crippen LogP contribution in [0.5, 0.6) is 0 Å². The minimum atomic E-state index is 0.341. The van der Waals surface area contributed by atoms with E-state index in [0.717, 1.165) is 39.2 Å². The molecule has 1 atom stereocenters. The van der Waals surface area contributed by atoms with Crippen molar-refractivity contribution in [2.45, 2.75) is 31.8 Å². The maximum Gasteiger partial charge on any atom is 0.0824 e. The molecule has 3 heteroatoms. The summed E-state index contributed by atoms with van der Waals surface area (Å²) in [5.74, 6) is 0. The highest BCUT2D eigenvalue weighted by molar-refractivity contribution is 5.35. The van der Waals surface area contributed by atoms with Gasteiger partial charge in [-0.05, 0) is 48.9 Å². The van der Waals surface area contributed by atoms with Crippen LogP contribution in [0.25, 0.3) is 0 Å². The van der Waals surface area contributed by atoms with Crippen molar-refractivity contribution < 1.29 is 4.74 Å². The molecular weight excluding hydrogens is 236 g/mol. The molecule has 2 aliphatic rings. The Hall–Kier alpha value is -0.900. The molecular formula is C16H24N2O. The molecule has 0 bridgehead atoms. The lowest BCUT2D eigenvalue weighted by atomic mass is 10.0. The van der Waals surface area contributed by atoms with Crippen molar-refractivity contribution >= 4 is 0 Å². The first-order valence-electron chi connectivity index (χ1n) is 7.55. The molecule has 1 fully saturated rings. The largest absolute Gasteiger partial charge is 0.374 e. The van der Waals surface area contributed by atoms with E-state index >= 15 is 0 Å². The lowest BCUT2D eigenvalue weighted by Crippen LogP contribution is -2.44. The standard InChI is InChI=1S/C16H24N2O/c1-2-14-5-4-13(10-15(14)3-1)6-7-17-11-16-12-18-8-9-19-16/h4-5,10,16-18H,1-3,6-9,11-12H2. The summed E-state index contributed by atoms with van der Waals surface area (Å²) in [6.45, 7) is 4.81. The highest BCUT2D eigenvalue weighted by Crippen LogP contribution is 2.22. The van der Waals surface area contributed by atoms with Crippen LogP contribution in [0, 0.1) is 0 Å². The van der Waals surface area contributed by atoms with Crippen molar-refractivity contribution in [3.05, 3.63) is 34.9 Å². The summed E-state index contributed by atoms with van der Waals surface area (Å²) in [5, 5.41) is 6.86. The third-order valence-corrected chi connectivity index (χ3v) is 4.13. The molecule has 19 heavy (non-hydrogen) atoms. The Balaban J connectivity index is 1.40. The number of hydrogen-bond donors (Lipinski definition) is 2. The first-order chi connectivity index (χ1) is 9.42. The molecule has 1 aliphatic carbocycles. The normalized spacial score (nSPS) is 22.4. The monoisotopic (exact) mass is 260 g/mol.